The summed E-state index contributed by atoms with van der Waals surface area (Å²) >= 11 is 1.16. The molecule has 0 amide bonds. The van der Waals surface area contributed by atoms with Crippen molar-refractivity contribution in [2.45, 2.75) is 6.18 Å². The van der Waals surface area contributed by atoms with E-state index in [9.17, 15) is 18.0 Å². The minimum absolute atomic E-state index is 0.293. The summed E-state index contributed by atoms with van der Waals surface area (Å²) in [4.78, 5) is 18.1. The first kappa shape index (κ1) is 12.9. The quantitative estimate of drug-likeness (QED) is 0.744. The van der Waals surface area contributed by atoms with Crippen LogP contribution in [0.5, 0.6) is 0 Å². The molecule has 1 aromatic carbocycles. The summed E-state index contributed by atoms with van der Waals surface area (Å²) in [6, 6.07) is 4.98. The van der Waals surface area contributed by atoms with Gasteiger partial charge in [0.25, 0.3) is 5.56 Å². The molecule has 102 valence electrons. The summed E-state index contributed by atoms with van der Waals surface area (Å²) in [5, 5.41) is 1.64. The third-order valence-electron chi connectivity index (χ3n) is 2.86. The average Bonchev–Trinajstić information content (AvgIpc) is 2.83. The number of alkyl halides is 3. The van der Waals surface area contributed by atoms with Crippen LogP contribution in [0, 0.1) is 0 Å². The van der Waals surface area contributed by atoms with E-state index >= 15 is 0 Å². The molecular weight excluding hydrogens is 289 g/mol. The Kier molecular flexibility index (Phi) is 2.86. The second-order valence-corrected chi connectivity index (χ2v) is 5.02. The molecule has 0 aliphatic heterocycles. The summed E-state index contributed by atoms with van der Waals surface area (Å²) in [5.74, 6) is 0. The second kappa shape index (κ2) is 4.45. The predicted octanol–water partition coefficient (Wildman–Crippen LogP) is 3.67. The number of H-pyrrole nitrogens is 1. The van der Waals surface area contributed by atoms with Gasteiger partial charge in [0.1, 0.15) is 4.70 Å². The van der Waals surface area contributed by atoms with Crippen LogP contribution >= 0.6 is 11.3 Å². The van der Waals surface area contributed by atoms with Gasteiger partial charge in [0.2, 0.25) is 0 Å². The zero-order valence-corrected chi connectivity index (χ0v) is 10.7. The number of aromatic nitrogens is 2. The van der Waals surface area contributed by atoms with Crippen molar-refractivity contribution in [2.75, 3.05) is 0 Å². The van der Waals surface area contributed by atoms with Crippen molar-refractivity contribution in [1.82, 2.24) is 9.97 Å². The molecule has 0 radical (unpaired) electrons. The molecule has 2 heterocycles. The largest absolute Gasteiger partial charge is 0.416 e. The zero-order valence-electron chi connectivity index (χ0n) is 9.86. The molecule has 3 nitrogen and oxygen atoms in total. The Balaban J connectivity index is 2.22. The Bertz CT molecular complexity index is 835. The minimum Gasteiger partial charge on any atom is -0.312 e. The van der Waals surface area contributed by atoms with Crippen molar-refractivity contribution in [1.29, 1.82) is 0 Å². The van der Waals surface area contributed by atoms with E-state index in [4.69, 9.17) is 0 Å². The maximum atomic E-state index is 12.7. The van der Waals surface area contributed by atoms with Crippen molar-refractivity contribution >= 4 is 21.6 Å². The first-order valence-electron chi connectivity index (χ1n) is 5.59. The highest BCUT2D eigenvalue weighted by molar-refractivity contribution is 7.17. The lowest BCUT2D eigenvalue weighted by molar-refractivity contribution is -0.137. The van der Waals surface area contributed by atoms with Crippen molar-refractivity contribution in [3.63, 3.8) is 0 Å². The number of hydrogen-bond donors (Lipinski definition) is 1. The van der Waals surface area contributed by atoms with E-state index < -0.39 is 11.7 Å². The zero-order chi connectivity index (χ0) is 14.3. The SMILES string of the molecule is O=c1[nH]cnc2c(-c3cccc(C(F)(F)F)c3)csc12. The molecule has 2 aromatic heterocycles. The van der Waals surface area contributed by atoms with Crippen molar-refractivity contribution in [2.24, 2.45) is 0 Å². The third kappa shape index (κ3) is 2.09. The van der Waals surface area contributed by atoms with E-state index in [1.54, 1.807) is 11.4 Å². The van der Waals surface area contributed by atoms with E-state index in [0.717, 1.165) is 23.5 Å². The van der Waals surface area contributed by atoms with Gasteiger partial charge in [0, 0.05) is 10.9 Å². The molecule has 0 aliphatic rings. The van der Waals surface area contributed by atoms with Gasteiger partial charge in [0.05, 0.1) is 17.4 Å². The summed E-state index contributed by atoms with van der Waals surface area (Å²) in [5.41, 5.74) is 0.321. The van der Waals surface area contributed by atoms with Crippen molar-refractivity contribution in [3.8, 4) is 11.1 Å². The smallest absolute Gasteiger partial charge is 0.312 e. The normalized spacial score (nSPS) is 11.9. The van der Waals surface area contributed by atoms with Crippen LogP contribution in [-0.2, 0) is 6.18 Å². The van der Waals surface area contributed by atoms with Gasteiger partial charge in [0.15, 0.2) is 0 Å². The Morgan fingerprint density at radius 3 is 2.80 bits per heavy atom. The van der Waals surface area contributed by atoms with E-state index in [0.29, 0.717) is 21.3 Å². The Morgan fingerprint density at radius 1 is 1.25 bits per heavy atom. The summed E-state index contributed by atoms with van der Waals surface area (Å²) < 4.78 is 38.6. The average molecular weight is 296 g/mol. The number of aromatic amines is 1. The molecule has 3 rings (SSSR count). The molecule has 7 heteroatoms. The minimum atomic E-state index is -4.40. The van der Waals surface area contributed by atoms with Gasteiger partial charge in [-0.1, -0.05) is 12.1 Å². The van der Waals surface area contributed by atoms with Crippen LogP contribution in [0.1, 0.15) is 5.56 Å². The topological polar surface area (TPSA) is 45.8 Å². The lowest BCUT2D eigenvalue weighted by Crippen LogP contribution is -2.05. The molecule has 0 atom stereocenters. The van der Waals surface area contributed by atoms with Gasteiger partial charge in [-0.2, -0.15) is 13.2 Å². The fourth-order valence-electron chi connectivity index (χ4n) is 1.93. The fourth-order valence-corrected chi connectivity index (χ4v) is 2.85. The lowest BCUT2D eigenvalue weighted by atomic mass is 10.0. The number of thiophene rings is 1. The number of rotatable bonds is 1. The van der Waals surface area contributed by atoms with Crippen LogP contribution in [-0.4, -0.2) is 9.97 Å². The van der Waals surface area contributed by atoms with E-state index in [1.807, 2.05) is 0 Å². The molecule has 0 spiro atoms. The van der Waals surface area contributed by atoms with E-state index in [-0.39, 0.29) is 5.56 Å². The number of benzene rings is 1. The molecule has 0 bridgehead atoms. The molecule has 0 saturated heterocycles. The standard InChI is InChI=1S/C13H7F3N2OS/c14-13(15,16)8-3-1-2-7(4-8)9-5-20-11-10(9)17-6-18-12(11)19/h1-6H,(H,17,18,19). The fraction of sp³-hybridized carbons (Fsp3) is 0.0769. The number of fused-ring (bicyclic) bond motifs is 1. The number of nitrogens with zero attached hydrogens (tertiary/aromatic N) is 1. The van der Waals surface area contributed by atoms with Gasteiger partial charge in [-0.05, 0) is 17.7 Å². The molecule has 0 fully saturated rings. The highest BCUT2D eigenvalue weighted by Gasteiger charge is 2.30. The van der Waals surface area contributed by atoms with Crippen LogP contribution in [0.3, 0.4) is 0 Å². The Labute approximate surface area is 114 Å². The summed E-state index contributed by atoms with van der Waals surface area (Å²) in [7, 11) is 0. The monoisotopic (exact) mass is 296 g/mol. The molecule has 1 N–H and O–H groups in total. The first-order chi connectivity index (χ1) is 9.47. The molecule has 20 heavy (non-hydrogen) atoms. The van der Waals surface area contributed by atoms with Gasteiger partial charge in [-0.25, -0.2) is 4.98 Å². The van der Waals surface area contributed by atoms with E-state index in [2.05, 4.69) is 9.97 Å². The van der Waals surface area contributed by atoms with Crippen LogP contribution in [0.4, 0.5) is 13.2 Å². The number of nitrogens with one attached hydrogen (secondary N) is 1. The van der Waals surface area contributed by atoms with Crippen molar-refractivity contribution in [3.05, 3.63) is 51.9 Å². The molecule has 0 unspecified atom stereocenters. The maximum Gasteiger partial charge on any atom is 0.416 e. The van der Waals surface area contributed by atoms with Crippen LogP contribution < -0.4 is 5.56 Å². The summed E-state index contributed by atoms with van der Waals surface area (Å²) in [6.07, 6.45) is -3.15. The van der Waals surface area contributed by atoms with Crippen molar-refractivity contribution < 1.29 is 13.2 Å². The molecule has 0 saturated carbocycles. The van der Waals surface area contributed by atoms with Gasteiger partial charge >= 0.3 is 6.18 Å². The number of halogens is 3. The van der Waals surface area contributed by atoms with Gasteiger partial charge in [-0.15, -0.1) is 11.3 Å². The highest BCUT2D eigenvalue weighted by atomic mass is 32.1. The highest BCUT2D eigenvalue weighted by Crippen LogP contribution is 2.35. The van der Waals surface area contributed by atoms with Crippen LogP contribution in [0.2, 0.25) is 0 Å². The predicted molar refractivity (Wildman–Crippen MR) is 70.7 cm³/mol. The summed E-state index contributed by atoms with van der Waals surface area (Å²) in [6.45, 7) is 0. The number of hydrogen-bond acceptors (Lipinski definition) is 3. The third-order valence-corrected chi connectivity index (χ3v) is 3.83. The van der Waals surface area contributed by atoms with Crippen LogP contribution in [0.15, 0.2) is 40.8 Å². The van der Waals surface area contributed by atoms with E-state index in [1.165, 1.54) is 12.4 Å². The Hall–Kier alpha value is -2.15. The Morgan fingerprint density at radius 2 is 2.05 bits per heavy atom. The second-order valence-electron chi connectivity index (χ2n) is 4.14. The first-order valence-corrected chi connectivity index (χ1v) is 6.47. The molecular formula is C13H7F3N2OS. The van der Waals surface area contributed by atoms with Crippen LogP contribution in [0.25, 0.3) is 21.3 Å². The molecule has 3 aromatic rings. The molecule has 0 aliphatic carbocycles. The van der Waals surface area contributed by atoms with Gasteiger partial charge < -0.3 is 4.98 Å². The maximum absolute atomic E-state index is 12.7. The lowest BCUT2D eigenvalue weighted by Gasteiger charge is -2.08. The van der Waals surface area contributed by atoms with Gasteiger partial charge in [-0.3, -0.25) is 4.79 Å².